The lowest BCUT2D eigenvalue weighted by Gasteiger charge is -2.31. The summed E-state index contributed by atoms with van der Waals surface area (Å²) in [5.74, 6) is 0.617. The Morgan fingerprint density at radius 3 is 2.57 bits per heavy atom. The molecule has 2 heterocycles. The van der Waals surface area contributed by atoms with Gasteiger partial charge < -0.3 is 15.4 Å². The van der Waals surface area contributed by atoms with Crippen LogP contribution in [0.25, 0.3) is 0 Å². The molecular weight excluding hydrogens is 270 g/mol. The number of rotatable bonds is 4. The van der Waals surface area contributed by atoms with Crippen molar-refractivity contribution in [1.29, 1.82) is 0 Å². The van der Waals surface area contributed by atoms with E-state index in [-0.39, 0.29) is 18.5 Å². The van der Waals surface area contributed by atoms with Gasteiger partial charge in [-0.2, -0.15) is 0 Å². The molecule has 0 radical (unpaired) electrons. The molecule has 2 aliphatic rings. The highest BCUT2D eigenvalue weighted by Crippen LogP contribution is 2.26. The number of para-hydroxylation sites is 1. The Kier molecular flexibility index (Phi) is 3.79. The van der Waals surface area contributed by atoms with E-state index in [1.54, 1.807) is 0 Å². The topological polar surface area (TPSA) is 70.7 Å². The predicted molar refractivity (Wildman–Crippen MR) is 77.0 cm³/mol. The molecule has 1 spiro atoms. The van der Waals surface area contributed by atoms with Crippen molar-refractivity contribution in [3.8, 4) is 5.75 Å². The summed E-state index contributed by atoms with van der Waals surface area (Å²) in [5.41, 5.74) is -0.699. The number of piperidine rings is 1. The first kappa shape index (κ1) is 13.9. The third-order valence-corrected chi connectivity index (χ3v) is 4.03. The third-order valence-electron chi connectivity index (χ3n) is 4.03. The largest absolute Gasteiger partial charge is 0.492 e. The van der Waals surface area contributed by atoms with E-state index >= 15 is 0 Å². The van der Waals surface area contributed by atoms with E-state index in [2.05, 4.69) is 10.6 Å². The lowest BCUT2D eigenvalue weighted by Crippen LogP contribution is -2.54. The number of ether oxygens (including phenoxy) is 1. The van der Waals surface area contributed by atoms with Crippen LogP contribution in [-0.4, -0.2) is 48.6 Å². The molecule has 0 saturated carbocycles. The van der Waals surface area contributed by atoms with Crippen molar-refractivity contribution < 1.29 is 14.3 Å². The molecule has 0 bridgehead atoms. The Bertz CT molecular complexity index is 526. The SMILES string of the molecule is O=C1NC2(CCNCC2)C(=O)N1CCOc1ccccc1. The molecule has 2 N–H and O–H groups in total. The molecular formula is C15H19N3O3. The van der Waals surface area contributed by atoms with Crippen LogP contribution in [0.15, 0.2) is 30.3 Å². The maximum atomic E-state index is 12.5. The van der Waals surface area contributed by atoms with Gasteiger partial charge in [0.2, 0.25) is 0 Å². The minimum atomic E-state index is -0.699. The molecule has 6 heteroatoms. The summed E-state index contributed by atoms with van der Waals surface area (Å²) in [5, 5.41) is 6.06. The van der Waals surface area contributed by atoms with Gasteiger partial charge in [0, 0.05) is 0 Å². The summed E-state index contributed by atoms with van der Waals surface area (Å²) in [6.45, 7) is 2.08. The van der Waals surface area contributed by atoms with E-state index in [1.807, 2.05) is 30.3 Å². The van der Waals surface area contributed by atoms with Crippen molar-refractivity contribution in [3.05, 3.63) is 30.3 Å². The fraction of sp³-hybridized carbons (Fsp3) is 0.467. The molecule has 112 valence electrons. The van der Waals surface area contributed by atoms with E-state index in [9.17, 15) is 9.59 Å². The maximum absolute atomic E-state index is 12.5. The molecule has 3 rings (SSSR count). The molecule has 3 amide bonds. The molecule has 2 fully saturated rings. The number of amides is 3. The zero-order valence-corrected chi connectivity index (χ0v) is 11.8. The van der Waals surface area contributed by atoms with Crippen LogP contribution in [0, 0.1) is 0 Å². The van der Waals surface area contributed by atoms with Crippen molar-refractivity contribution in [1.82, 2.24) is 15.5 Å². The molecule has 2 saturated heterocycles. The molecule has 1 aromatic carbocycles. The highest BCUT2D eigenvalue weighted by atomic mass is 16.5. The van der Waals surface area contributed by atoms with E-state index in [0.717, 1.165) is 18.8 Å². The lowest BCUT2D eigenvalue weighted by atomic mass is 9.88. The van der Waals surface area contributed by atoms with Crippen molar-refractivity contribution in [3.63, 3.8) is 0 Å². The molecule has 0 atom stereocenters. The number of hydrogen-bond donors (Lipinski definition) is 2. The normalized spacial score (nSPS) is 20.7. The Morgan fingerprint density at radius 1 is 1.14 bits per heavy atom. The molecule has 1 aromatic rings. The quantitative estimate of drug-likeness (QED) is 0.802. The number of urea groups is 1. The molecule has 0 aromatic heterocycles. The number of benzene rings is 1. The van der Waals surface area contributed by atoms with Gasteiger partial charge in [0.05, 0.1) is 6.54 Å². The standard InChI is InChI=1S/C15H19N3O3/c19-13-15(6-8-16-9-7-15)17-14(20)18(13)10-11-21-12-4-2-1-3-5-12/h1-5,16H,6-11H2,(H,17,20). The lowest BCUT2D eigenvalue weighted by molar-refractivity contribution is -0.132. The van der Waals surface area contributed by atoms with Crippen LogP contribution < -0.4 is 15.4 Å². The Hall–Kier alpha value is -2.08. The Morgan fingerprint density at radius 2 is 1.86 bits per heavy atom. The highest BCUT2D eigenvalue weighted by Gasteiger charge is 2.51. The van der Waals surface area contributed by atoms with Crippen LogP contribution in [0.3, 0.4) is 0 Å². The van der Waals surface area contributed by atoms with Crippen LogP contribution in [-0.2, 0) is 4.79 Å². The van der Waals surface area contributed by atoms with Crippen molar-refractivity contribution in [2.45, 2.75) is 18.4 Å². The van der Waals surface area contributed by atoms with E-state index < -0.39 is 5.54 Å². The van der Waals surface area contributed by atoms with Crippen molar-refractivity contribution in [2.75, 3.05) is 26.2 Å². The van der Waals surface area contributed by atoms with Gasteiger partial charge >= 0.3 is 6.03 Å². The first-order valence-corrected chi connectivity index (χ1v) is 7.24. The van der Waals surface area contributed by atoms with E-state index in [1.165, 1.54) is 4.90 Å². The van der Waals surface area contributed by atoms with Gasteiger partial charge in [-0.25, -0.2) is 4.79 Å². The Balaban J connectivity index is 1.58. The van der Waals surface area contributed by atoms with Crippen molar-refractivity contribution >= 4 is 11.9 Å². The van der Waals surface area contributed by atoms with Gasteiger partial charge in [0.25, 0.3) is 5.91 Å². The predicted octanol–water partition coefficient (Wildman–Crippen LogP) is 0.739. The van der Waals surface area contributed by atoms with Crippen LogP contribution in [0.1, 0.15) is 12.8 Å². The number of hydrogen-bond acceptors (Lipinski definition) is 4. The van der Waals surface area contributed by atoms with E-state index in [0.29, 0.717) is 19.4 Å². The average molecular weight is 289 g/mol. The smallest absolute Gasteiger partial charge is 0.325 e. The first-order valence-electron chi connectivity index (χ1n) is 7.24. The zero-order chi connectivity index (χ0) is 14.7. The van der Waals surface area contributed by atoms with Gasteiger partial charge in [-0.05, 0) is 38.1 Å². The molecule has 2 aliphatic heterocycles. The third kappa shape index (κ3) is 2.71. The maximum Gasteiger partial charge on any atom is 0.325 e. The van der Waals surface area contributed by atoms with Gasteiger partial charge in [0.15, 0.2) is 0 Å². The highest BCUT2D eigenvalue weighted by molar-refractivity contribution is 6.07. The van der Waals surface area contributed by atoms with Crippen LogP contribution in [0.2, 0.25) is 0 Å². The minimum absolute atomic E-state index is 0.120. The van der Waals surface area contributed by atoms with Gasteiger partial charge in [-0.15, -0.1) is 0 Å². The fourth-order valence-corrected chi connectivity index (χ4v) is 2.84. The van der Waals surface area contributed by atoms with Crippen molar-refractivity contribution in [2.24, 2.45) is 0 Å². The minimum Gasteiger partial charge on any atom is -0.492 e. The molecule has 0 aliphatic carbocycles. The van der Waals surface area contributed by atoms with E-state index in [4.69, 9.17) is 4.74 Å². The zero-order valence-electron chi connectivity index (χ0n) is 11.8. The van der Waals surface area contributed by atoms with Gasteiger partial charge in [0.1, 0.15) is 17.9 Å². The summed E-state index contributed by atoms with van der Waals surface area (Å²) in [4.78, 5) is 25.8. The summed E-state index contributed by atoms with van der Waals surface area (Å²) in [6, 6.07) is 9.06. The number of carbonyl (C=O) groups excluding carboxylic acids is 2. The number of nitrogens with one attached hydrogen (secondary N) is 2. The van der Waals surface area contributed by atoms with Gasteiger partial charge in [-0.1, -0.05) is 18.2 Å². The number of nitrogens with zero attached hydrogens (tertiary/aromatic N) is 1. The number of carbonyl (C=O) groups is 2. The Labute approximate surface area is 123 Å². The summed E-state index contributed by atoms with van der Waals surface area (Å²) in [6.07, 6.45) is 1.29. The summed E-state index contributed by atoms with van der Waals surface area (Å²) >= 11 is 0. The second-order valence-electron chi connectivity index (χ2n) is 5.38. The monoisotopic (exact) mass is 289 g/mol. The number of imide groups is 1. The first-order chi connectivity index (χ1) is 10.2. The second kappa shape index (κ2) is 5.73. The van der Waals surface area contributed by atoms with Crippen LogP contribution in [0.5, 0.6) is 5.75 Å². The average Bonchev–Trinajstić information content (AvgIpc) is 2.73. The fourth-order valence-electron chi connectivity index (χ4n) is 2.84. The van der Waals surface area contributed by atoms with Gasteiger partial charge in [-0.3, -0.25) is 9.69 Å². The van der Waals surface area contributed by atoms with Crippen LogP contribution in [0.4, 0.5) is 4.79 Å². The molecule has 0 unspecified atom stereocenters. The summed E-state index contributed by atoms with van der Waals surface area (Å²) in [7, 11) is 0. The molecule has 6 nitrogen and oxygen atoms in total. The molecule has 21 heavy (non-hydrogen) atoms. The van der Waals surface area contributed by atoms with Crippen LogP contribution >= 0.6 is 0 Å². The second-order valence-corrected chi connectivity index (χ2v) is 5.38. The summed E-state index contributed by atoms with van der Waals surface area (Å²) < 4.78 is 5.55.